The quantitative estimate of drug-likeness (QED) is 0.438. The first-order chi connectivity index (χ1) is 17.4. The molecule has 2 bridgehead atoms. The Hall–Kier alpha value is -1.32. The van der Waals surface area contributed by atoms with E-state index < -0.39 is 34.1 Å². The summed E-state index contributed by atoms with van der Waals surface area (Å²) in [5.74, 6) is -0.983. The van der Waals surface area contributed by atoms with E-state index in [2.05, 4.69) is 25.7 Å². The van der Waals surface area contributed by atoms with Crippen molar-refractivity contribution in [3.8, 4) is 0 Å². The fourth-order valence-electron chi connectivity index (χ4n) is 8.59. The van der Waals surface area contributed by atoms with Crippen LogP contribution in [0.1, 0.15) is 66.7 Å². The standard InChI is InChI=1S/C29H45NO7/c1-18-7-9-28(33)16-21-27(5,22(34-6)15-23-29(21,17-36-23)37-19(2)31)25(32)20(24(18)26(28,3)4)8-10-30-11-13-35-14-12-30/h20-23,33H,7-17H2,1-6H3/t20-,21?,22+,23-,27+,28-,29-/m1/s1. The highest BCUT2D eigenvalue weighted by molar-refractivity contribution is 5.91. The van der Waals surface area contributed by atoms with Gasteiger partial charge in [0.15, 0.2) is 5.60 Å². The minimum absolute atomic E-state index is 0.154. The Kier molecular flexibility index (Phi) is 6.93. The van der Waals surface area contributed by atoms with Gasteiger partial charge in [0, 0.05) is 50.8 Å². The summed E-state index contributed by atoms with van der Waals surface area (Å²) in [7, 11) is 1.66. The van der Waals surface area contributed by atoms with Gasteiger partial charge in [0.2, 0.25) is 0 Å². The number of rotatable bonds is 5. The second-order valence-corrected chi connectivity index (χ2v) is 12.9. The van der Waals surface area contributed by atoms with Gasteiger partial charge in [0.1, 0.15) is 11.9 Å². The molecule has 0 aromatic carbocycles. The zero-order valence-electron chi connectivity index (χ0n) is 23.4. The number of nitrogens with zero attached hydrogens (tertiary/aromatic N) is 1. The molecule has 1 unspecified atom stereocenters. The van der Waals surface area contributed by atoms with Crippen LogP contribution in [0, 0.1) is 22.7 Å². The molecule has 1 N–H and O–H groups in total. The van der Waals surface area contributed by atoms with E-state index in [4.69, 9.17) is 18.9 Å². The third-order valence-corrected chi connectivity index (χ3v) is 10.9. The van der Waals surface area contributed by atoms with Crippen molar-refractivity contribution in [2.75, 3.05) is 46.6 Å². The number of ketones is 1. The molecule has 37 heavy (non-hydrogen) atoms. The molecular weight excluding hydrogens is 474 g/mol. The molecule has 7 atom stereocenters. The largest absolute Gasteiger partial charge is 0.454 e. The van der Waals surface area contributed by atoms with Crippen LogP contribution in [0.4, 0.5) is 0 Å². The Balaban J connectivity index is 1.64. The molecule has 2 saturated carbocycles. The molecule has 8 heteroatoms. The number of fused-ring (bicyclic) bond motifs is 5. The summed E-state index contributed by atoms with van der Waals surface area (Å²) < 4.78 is 23.6. The van der Waals surface area contributed by atoms with Gasteiger partial charge in [-0.3, -0.25) is 14.5 Å². The van der Waals surface area contributed by atoms with Crippen molar-refractivity contribution in [2.45, 2.75) is 90.1 Å². The first kappa shape index (κ1) is 27.3. The van der Waals surface area contributed by atoms with Gasteiger partial charge in [-0.1, -0.05) is 25.0 Å². The molecule has 0 amide bonds. The maximum absolute atomic E-state index is 15.0. The normalized spacial score (nSPS) is 43.7. The topological polar surface area (TPSA) is 94.5 Å². The number of aliphatic hydroxyl groups is 1. The SMILES string of the molecule is CO[C@H]1C[C@H]2OC[C@@]2(OC(C)=O)C2C[C@]3(O)CCC(C)=C([C@@H](CCN4CCOCC4)C(=O)[C@@]21C)C3(C)C. The maximum atomic E-state index is 15.0. The van der Waals surface area contributed by atoms with Gasteiger partial charge < -0.3 is 24.1 Å². The molecule has 208 valence electrons. The molecule has 2 heterocycles. The maximum Gasteiger partial charge on any atom is 0.303 e. The highest BCUT2D eigenvalue weighted by Crippen LogP contribution is 2.64. The molecule has 0 spiro atoms. The lowest BCUT2D eigenvalue weighted by molar-refractivity contribution is -0.328. The molecule has 2 saturated heterocycles. The van der Waals surface area contributed by atoms with Crippen LogP contribution in [0.2, 0.25) is 0 Å². The van der Waals surface area contributed by atoms with Crippen LogP contribution < -0.4 is 0 Å². The number of morpholine rings is 1. The molecule has 3 aliphatic carbocycles. The van der Waals surface area contributed by atoms with Crippen LogP contribution in [0.5, 0.6) is 0 Å². The third kappa shape index (κ3) is 3.96. The van der Waals surface area contributed by atoms with E-state index >= 15 is 4.79 Å². The lowest BCUT2D eigenvalue weighted by Crippen LogP contribution is -2.77. The number of esters is 1. The van der Waals surface area contributed by atoms with E-state index in [1.165, 1.54) is 12.5 Å². The summed E-state index contributed by atoms with van der Waals surface area (Å²) in [6.45, 7) is 14.0. The number of hydrogen-bond acceptors (Lipinski definition) is 8. The van der Waals surface area contributed by atoms with Crippen molar-refractivity contribution in [3.63, 3.8) is 0 Å². The summed E-state index contributed by atoms with van der Waals surface area (Å²) in [4.78, 5) is 29.8. The number of hydrogen-bond donors (Lipinski definition) is 1. The summed E-state index contributed by atoms with van der Waals surface area (Å²) >= 11 is 0. The Morgan fingerprint density at radius 2 is 1.92 bits per heavy atom. The first-order valence-corrected chi connectivity index (χ1v) is 14.0. The number of allylic oxidation sites excluding steroid dienone is 1. The molecular formula is C29H45NO7. The number of carbonyl (C=O) groups is 2. The lowest BCUT2D eigenvalue weighted by Gasteiger charge is -2.66. The Morgan fingerprint density at radius 3 is 2.51 bits per heavy atom. The third-order valence-electron chi connectivity index (χ3n) is 10.9. The van der Waals surface area contributed by atoms with Crippen LogP contribution in [0.25, 0.3) is 0 Å². The zero-order valence-corrected chi connectivity index (χ0v) is 23.4. The minimum Gasteiger partial charge on any atom is -0.454 e. The Bertz CT molecular complexity index is 971. The zero-order chi connectivity index (χ0) is 26.8. The Labute approximate surface area is 221 Å². The van der Waals surface area contributed by atoms with Gasteiger partial charge in [0.25, 0.3) is 0 Å². The average Bonchev–Trinajstić information content (AvgIpc) is 2.84. The molecule has 4 fully saturated rings. The van der Waals surface area contributed by atoms with Crippen molar-refractivity contribution in [3.05, 3.63) is 11.1 Å². The van der Waals surface area contributed by atoms with Gasteiger partial charge >= 0.3 is 5.97 Å². The first-order valence-electron chi connectivity index (χ1n) is 14.0. The van der Waals surface area contributed by atoms with Crippen molar-refractivity contribution >= 4 is 11.8 Å². The van der Waals surface area contributed by atoms with Crippen molar-refractivity contribution in [1.29, 1.82) is 0 Å². The molecule has 0 aromatic heterocycles. The van der Waals surface area contributed by atoms with E-state index in [9.17, 15) is 9.90 Å². The summed E-state index contributed by atoms with van der Waals surface area (Å²) in [5, 5.41) is 12.5. The van der Waals surface area contributed by atoms with Crippen LogP contribution in [0.3, 0.4) is 0 Å². The molecule has 0 radical (unpaired) electrons. The predicted molar refractivity (Wildman–Crippen MR) is 137 cm³/mol. The summed E-state index contributed by atoms with van der Waals surface area (Å²) in [6, 6.07) is 0. The number of carbonyl (C=O) groups excluding carboxylic acids is 2. The molecule has 8 nitrogen and oxygen atoms in total. The number of Topliss-reactive ketones (excluding diaryl/α,β-unsaturated/α-hetero) is 1. The highest BCUT2D eigenvalue weighted by atomic mass is 16.6. The second-order valence-electron chi connectivity index (χ2n) is 12.9. The van der Waals surface area contributed by atoms with Gasteiger partial charge in [-0.2, -0.15) is 0 Å². The van der Waals surface area contributed by atoms with Gasteiger partial charge in [-0.15, -0.1) is 0 Å². The van der Waals surface area contributed by atoms with Crippen LogP contribution in [-0.4, -0.2) is 91.7 Å². The molecule has 5 rings (SSSR count). The Morgan fingerprint density at radius 1 is 1.22 bits per heavy atom. The van der Waals surface area contributed by atoms with Crippen LogP contribution in [-0.2, 0) is 28.5 Å². The molecule has 5 aliphatic rings. The lowest BCUT2D eigenvalue weighted by atomic mass is 9.44. The van der Waals surface area contributed by atoms with E-state index in [-0.39, 0.29) is 30.4 Å². The smallest absolute Gasteiger partial charge is 0.303 e. The van der Waals surface area contributed by atoms with Crippen molar-refractivity contribution in [1.82, 2.24) is 4.90 Å². The summed E-state index contributed by atoms with van der Waals surface area (Å²) in [5.41, 5.74) is -1.19. The van der Waals surface area contributed by atoms with E-state index in [1.807, 2.05) is 6.92 Å². The fraction of sp³-hybridized carbons (Fsp3) is 0.862. The van der Waals surface area contributed by atoms with Crippen LogP contribution >= 0.6 is 0 Å². The predicted octanol–water partition coefficient (Wildman–Crippen LogP) is 2.91. The van der Waals surface area contributed by atoms with Gasteiger partial charge in [-0.25, -0.2) is 0 Å². The van der Waals surface area contributed by atoms with Crippen molar-refractivity contribution in [2.24, 2.45) is 22.7 Å². The molecule has 0 aromatic rings. The molecule has 2 aliphatic heterocycles. The summed E-state index contributed by atoms with van der Waals surface area (Å²) in [6.07, 6.45) is 2.17. The van der Waals surface area contributed by atoms with E-state index in [0.717, 1.165) is 31.6 Å². The average molecular weight is 520 g/mol. The number of methoxy groups -OCH3 is 1. The van der Waals surface area contributed by atoms with Gasteiger partial charge in [-0.05, 0) is 46.1 Å². The van der Waals surface area contributed by atoms with Crippen LogP contribution in [0.15, 0.2) is 11.1 Å². The van der Waals surface area contributed by atoms with E-state index in [0.29, 0.717) is 38.9 Å². The monoisotopic (exact) mass is 519 g/mol. The minimum atomic E-state index is -1.05. The van der Waals surface area contributed by atoms with Crippen molar-refractivity contribution < 1.29 is 33.6 Å². The number of ether oxygens (including phenoxy) is 4. The second kappa shape index (κ2) is 9.40. The van der Waals surface area contributed by atoms with E-state index in [1.54, 1.807) is 7.11 Å². The fourth-order valence-corrected chi connectivity index (χ4v) is 8.59. The van der Waals surface area contributed by atoms with Gasteiger partial charge in [0.05, 0.1) is 36.9 Å². The highest BCUT2D eigenvalue weighted by Gasteiger charge is 2.73.